The summed E-state index contributed by atoms with van der Waals surface area (Å²) < 4.78 is 1.99. The molecule has 0 unspecified atom stereocenters. The summed E-state index contributed by atoms with van der Waals surface area (Å²) in [5, 5.41) is 3.42. The van der Waals surface area contributed by atoms with Gasteiger partial charge >= 0.3 is 0 Å². The second-order valence-corrected chi connectivity index (χ2v) is 6.02. The summed E-state index contributed by atoms with van der Waals surface area (Å²) in [6, 6.07) is 8.41. The Morgan fingerprint density at radius 3 is 2.67 bits per heavy atom. The van der Waals surface area contributed by atoms with Crippen LogP contribution < -0.4 is 5.32 Å². The van der Waals surface area contributed by atoms with Gasteiger partial charge in [-0.25, -0.2) is 0 Å². The molecule has 0 fully saturated rings. The van der Waals surface area contributed by atoms with Gasteiger partial charge in [0.25, 0.3) is 0 Å². The van der Waals surface area contributed by atoms with Gasteiger partial charge in [0, 0.05) is 20.8 Å². The number of benzene rings is 1. The van der Waals surface area contributed by atoms with E-state index in [1.807, 2.05) is 12.3 Å². The zero-order chi connectivity index (χ0) is 13.1. The molecule has 4 heteroatoms. The van der Waals surface area contributed by atoms with E-state index in [9.17, 15) is 0 Å². The number of nitrogens with one attached hydrogen (secondary N) is 1. The maximum atomic E-state index is 4.39. The number of aryl methyl sites for hydroxylation is 2. The fourth-order valence-corrected chi connectivity index (χ4v) is 2.81. The van der Waals surface area contributed by atoms with E-state index < -0.39 is 0 Å². The number of hydrogen-bond acceptors (Lipinski definition) is 2. The Bertz CT molecular complexity index is 568. The third-order valence-electron chi connectivity index (χ3n) is 2.72. The van der Waals surface area contributed by atoms with Gasteiger partial charge in [0.2, 0.25) is 0 Å². The first kappa shape index (κ1) is 13.6. The lowest BCUT2D eigenvalue weighted by Crippen LogP contribution is -2.04. The van der Waals surface area contributed by atoms with Gasteiger partial charge in [0.1, 0.15) is 0 Å². The number of pyridine rings is 1. The first-order chi connectivity index (χ1) is 8.56. The van der Waals surface area contributed by atoms with E-state index in [4.69, 9.17) is 0 Å². The van der Waals surface area contributed by atoms with Crippen LogP contribution in [0.2, 0.25) is 0 Å². The van der Waals surface area contributed by atoms with Crippen LogP contribution in [0.3, 0.4) is 0 Å². The maximum Gasteiger partial charge on any atom is 0.0737 e. The van der Waals surface area contributed by atoms with E-state index in [2.05, 4.69) is 74.2 Å². The Kier molecular flexibility index (Phi) is 4.40. The van der Waals surface area contributed by atoms with Crippen LogP contribution in [0.5, 0.6) is 0 Å². The fraction of sp³-hybridized carbons (Fsp3) is 0.214. The highest BCUT2D eigenvalue weighted by Crippen LogP contribution is 2.22. The molecule has 1 aromatic carbocycles. The monoisotopic (exact) mass is 368 g/mol. The molecule has 1 heterocycles. The van der Waals surface area contributed by atoms with Crippen LogP contribution in [0, 0.1) is 13.8 Å². The van der Waals surface area contributed by atoms with Crippen molar-refractivity contribution in [1.29, 1.82) is 0 Å². The second kappa shape index (κ2) is 5.85. The molecule has 2 nitrogen and oxygen atoms in total. The van der Waals surface area contributed by atoms with Crippen molar-refractivity contribution in [1.82, 2.24) is 4.98 Å². The van der Waals surface area contributed by atoms with Crippen molar-refractivity contribution in [3.63, 3.8) is 0 Å². The third-order valence-corrected chi connectivity index (χ3v) is 3.84. The van der Waals surface area contributed by atoms with Gasteiger partial charge in [-0.3, -0.25) is 4.98 Å². The first-order valence-electron chi connectivity index (χ1n) is 5.67. The van der Waals surface area contributed by atoms with Crippen molar-refractivity contribution in [3.8, 4) is 0 Å². The van der Waals surface area contributed by atoms with Crippen LogP contribution in [0.15, 0.2) is 39.4 Å². The van der Waals surface area contributed by atoms with E-state index >= 15 is 0 Å². The minimum Gasteiger partial charge on any atom is -0.379 e. The van der Waals surface area contributed by atoms with E-state index in [1.165, 1.54) is 11.1 Å². The van der Waals surface area contributed by atoms with E-state index in [0.717, 1.165) is 20.3 Å². The molecule has 0 atom stereocenters. The lowest BCUT2D eigenvalue weighted by Gasteiger charge is -2.11. The van der Waals surface area contributed by atoms with Gasteiger partial charge in [0.05, 0.1) is 12.2 Å². The number of rotatable bonds is 3. The van der Waals surface area contributed by atoms with Crippen LogP contribution in [0.4, 0.5) is 5.69 Å². The van der Waals surface area contributed by atoms with Crippen LogP contribution in [0.25, 0.3) is 0 Å². The summed E-state index contributed by atoms with van der Waals surface area (Å²) in [4.78, 5) is 4.39. The largest absolute Gasteiger partial charge is 0.379 e. The smallest absolute Gasteiger partial charge is 0.0737 e. The molecule has 1 N–H and O–H groups in total. The third kappa shape index (κ3) is 3.33. The van der Waals surface area contributed by atoms with Crippen molar-refractivity contribution >= 4 is 37.5 Å². The number of halogens is 2. The molecule has 18 heavy (non-hydrogen) atoms. The number of aromatic nitrogens is 1. The average Bonchev–Trinajstić information content (AvgIpc) is 2.32. The Morgan fingerprint density at radius 2 is 1.94 bits per heavy atom. The molecule has 94 valence electrons. The van der Waals surface area contributed by atoms with Gasteiger partial charge in [-0.2, -0.15) is 0 Å². The highest BCUT2D eigenvalue weighted by molar-refractivity contribution is 9.11. The number of nitrogens with zero attached hydrogens (tertiary/aromatic N) is 1. The molecule has 1 aromatic heterocycles. The second-order valence-electron chi connectivity index (χ2n) is 4.25. The van der Waals surface area contributed by atoms with Crippen molar-refractivity contribution in [2.45, 2.75) is 20.4 Å². The zero-order valence-corrected chi connectivity index (χ0v) is 13.5. The Labute approximate surface area is 124 Å². The molecule has 0 aliphatic rings. The molecule has 0 radical (unpaired) electrons. The number of anilines is 1. The summed E-state index contributed by atoms with van der Waals surface area (Å²) in [7, 11) is 0. The minimum absolute atomic E-state index is 0.707. The van der Waals surface area contributed by atoms with Crippen molar-refractivity contribution in [2.75, 3.05) is 5.32 Å². The molecule has 0 bridgehead atoms. The summed E-state index contributed by atoms with van der Waals surface area (Å²) in [6.45, 7) is 4.91. The summed E-state index contributed by atoms with van der Waals surface area (Å²) in [5.74, 6) is 0. The molecule has 0 spiro atoms. The van der Waals surface area contributed by atoms with Gasteiger partial charge in [-0.15, -0.1) is 0 Å². The molecule has 0 aliphatic heterocycles. The molecular formula is C14H14Br2N2. The van der Waals surface area contributed by atoms with E-state index in [1.54, 1.807) is 0 Å². The van der Waals surface area contributed by atoms with Crippen LogP contribution >= 0.6 is 31.9 Å². The van der Waals surface area contributed by atoms with E-state index in [-0.39, 0.29) is 0 Å². The summed E-state index contributed by atoms with van der Waals surface area (Å²) >= 11 is 6.92. The zero-order valence-electron chi connectivity index (χ0n) is 10.3. The molecule has 2 rings (SSSR count). The standard InChI is InChI=1S/C14H14Br2N2/c1-9-3-4-10(2)13(5-9)18-8-14-12(16)6-11(15)7-17-14/h3-7,18H,8H2,1-2H3. The predicted molar refractivity (Wildman–Crippen MR) is 82.9 cm³/mol. The predicted octanol–water partition coefficient (Wildman–Crippen LogP) is 4.84. The van der Waals surface area contributed by atoms with Gasteiger partial charge in [0.15, 0.2) is 0 Å². The summed E-state index contributed by atoms with van der Waals surface area (Å²) in [6.07, 6.45) is 1.81. The van der Waals surface area contributed by atoms with Crippen LogP contribution in [0.1, 0.15) is 16.8 Å². The fourth-order valence-electron chi connectivity index (χ4n) is 1.68. The lowest BCUT2D eigenvalue weighted by molar-refractivity contribution is 1.02. The Hall–Kier alpha value is -0.870. The molecule has 0 saturated heterocycles. The van der Waals surface area contributed by atoms with Crippen molar-refractivity contribution < 1.29 is 0 Å². The Morgan fingerprint density at radius 1 is 1.17 bits per heavy atom. The van der Waals surface area contributed by atoms with Gasteiger partial charge < -0.3 is 5.32 Å². The molecule has 0 amide bonds. The maximum absolute atomic E-state index is 4.39. The molecule has 2 aromatic rings. The molecule has 0 saturated carbocycles. The molecular weight excluding hydrogens is 356 g/mol. The topological polar surface area (TPSA) is 24.9 Å². The van der Waals surface area contributed by atoms with Crippen molar-refractivity contribution in [3.05, 3.63) is 56.2 Å². The highest BCUT2D eigenvalue weighted by atomic mass is 79.9. The quantitative estimate of drug-likeness (QED) is 0.837. The SMILES string of the molecule is Cc1ccc(C)c(NCc2ncc(Br)cc2Br)c1. The van der Waals surface area contributed by atoms with Gasteiger partial charge in [-0.05, 0) is 69.0 Å². The average molecular weight is 370 g/mol. The summed E-state index contributed by atoms with van der Waals surface area (Å²) in [5.41, 5.74) is 4.66. The number of hydrogen-bond donors (Lipinski definition) is 1. The molecule has 0 aliphatic carbocycles. The lowest BCUT2D eigenvalue weighted by atomic mass is 10.1. The Balaban J connectivity index is 2.13. The van der Waals surface area contributed by atoms with Crippen LogP contribution in [-0.2, 0) is 6.54 Å². The van der Waals surface area contributed by atoms with Crippen molar-refractivity contribution in [2.24, 2.45) is 0 Å². The van der Waals surface area contributed by atoms with Gasteiger partial charge in [-0.1, -0.05) is 12.1 Å². The van der Waals surface area contributed by atoms with Crippen LogP contribution in [-0.4, -0.2) is 4.98 Å². The van der Waals surface area contributed by atoms with E-state index in [0.29, 0.717) is 6.54 Å². The minimum atomic E-state index is 0.707. The first-order valence-corrected chi connectivity index (χ1v) is 7.26. The highest BCUT2D eigenvalue weighted by Gasteiger charge is 2.04. The normalized spacial score (nSPS) is 10.4.